The molecule has 0 spiro atoms. The number of allylic oxidation sites excluding steroid dienone is 2. The van der Waals surface area contributed by atoms with Gasteiger partial charge in [0.25, 0.3) is 0 Å². The van der Waals surface area contributed by atoms with Crippen molar-refractivity contribution in [3.8, 4) is 12.3 Å². The van der Waals surface area contributed by atoms with Crippen molar-refractivity contribution in [1.82, 2.24) is 5.32 Å². The molecule has 1 aliphatic carbocycles. The average molecular weight is 135 g/mol. The quantitative estimate of drug-likeness (QED) is 0.346. The Morgan fingerprint density at radius 2 is 2.50 bits per heavy atom. The van der Waals surface area contributed by atoms with E-state index in [9.17, 15) is 4.79 Å². The van der Waals surface area contributed by atoms with Crippen LogP contribution in [0.15, 0.2) is 11.3 Å². The molecular formula is C8H9NO. The van der Waals surface area contributed by atoms with Gasteiger partial charge in [0.15, 0.2) is 6.29 Å². The van der Waals surface area contributed by atoms with Crippen molar-refractivity contribution in [3.05, 3.63) is 11.3 Å². The number of hydrogen-bond donors (Lipinski definition) is 1. The molecule has 0 aromatic carbocycles. The van der Waals surface area contributed by atoms with Gasteiger partial charge in [-0.05, 0) is 18.4 Å². The normalized spacial score (nSPS) is 13.7. The molecule has 0 amide bonds. The monoisotopic (exact) mass is 135 g/mol. The van der Waals surface area contributed by atoms with Crippen LogP contribution >= 0.6 is 0 Å². The topological polar surface area (TPSA) is 29.1 Å². The molecule has 0 saturated heterocycles. The van der Waals surface area contributed by atoms with E-state index >= 15 is 0 Å². The highest BCUT2D eigenvalue weighted by Crippen LogP contribution is 2.29. The molecule has 0 heterocycles. The highest BCUT2D eigenvalue weighted by Gasteiger charge is 2.16. The fourth-order valence-corrected chi connectivity index (χ4v) is 0.728. The zero-order valence-corrected chi connectivity index (χ0v) is 5.68. The largest absolute Gasteiger partial charge is 0.372 e. The van der Waals surface area contributed by atoms with Gasteiger partial charge in [-0.2, -0.15) is 0 Å². The Morgan fingerprint density at radius 3 is 2.90 bits per heavy atom. The molecule has 10 heavy (non-hydrogen) atoms. The number of rotatable bonds is 3. The minimum absolute atomic E-state index is 0.442. The highest BCUT2D eigenvalue weighted by molar-refractivity contribution is 5.75. The van der Waals surface area contributed by atoms with Crippen molar-refractivity contribution < 1.29 is 4.79 Å². The Hall–Kier alpha value is -1.23. The van der Waals surface area contributed by atoms with Crippen LogP contribution in [0.4, 0.5) is 0 Å². The maximum Gasteiger partial charge on any atom is 0.165 e. The van der Waals surface area contributed by atoms with E-state index in [-0.39, 0.29) is 0 Å². The van der Waals surface area contributed by atoms with Crippen LogP contribution in [0.5, 0.6) is 0 Å². The van der Waals surface area contributed by atoms with Gasteiger partial charge in [0, 0.05) is 0 Å². The molecule has 1 aliphatic rings. The molecule has 0 aliphatic heterocycles. The summed E-state index contributed by atoms with van der Waals surface area (Å²) in [5.41, 5.74) is 1.89. The molecule has 0 aromatic heterocycles. The van der Waals surface area contributed by atoms with E-state index in [1.807, 2.05) is 0 Å². The van der Waals surface area contributed by atoms with E-state index < -0.39 is 0 Å². The van der Waals surface area contributed by atoms with Gasteiger partial charge in [-0.15, -0.1) is 6.42 Å². The molecule has 0 radical (unpaired) electrons. The smallest absolute Gasteiger partial charge is 0.165 e. The van der Waals surface area contributed by atoms with Crippen LogP contribution in [-0.2, 0) is 4.79 Å². The lowest BCUT2D eigenvalue weighted by Gasteiger charge is -1.97. The molecule has 2 heteroatoms. The SMILES string of the molecule is C#CCNC(C=O)=C1CC1. The van der Waals surface area contributed by atoms with Crippen molar-refractivity contribution in [3.63, 3.8) is 0 Å². The van der Waals surface area contributed by atoms with Gasteiger partial charge in [-0.1, -0.05) is 5.92 Å². The maximum absolute atomic E-state index is 10.3. The van der Waals surface area contributed by atoms with Gasteiger partial charge in [-0.3, -0.25) is 4.79 Å². The summed E-state index contributed by atoms with van der Waals surface area (Å²) in [6.45, 7) is 0.442. The van der Waals surface area contributed by atoms with Crippen LogP contribution in [0, 0.1) is 12.3 Å². The number of nitrogens with one attached hydrogen (secondary N) is 1. The summed E-state index contributed by atoms with van der Waals surface area (Å²) in [6.07, 6.45) is 7.93. The molecule has 52 valence electrons. The number of aldehydes is 1. The Kier molecular flexibility index (Phi) is 2.11. The van der Waals surface area contributed by atoms with E-state index in [0.717, 1.165) is 19.1 Å². The number of carbonyl (C=O) groups is 1. The van der Waals surface area contributed by atoms with Crippen LogP contribution in [0.25, 0.3) is 0 Å². The predicted molar refractivity (Wildman–Crippen MR) is 39.2 cm³/mol. The van der Waals surface area contributed by atoms with Crippen molar-refractivity contribution in [2.75, 3.05) is 6.54 Å². The molecule has 1 fully saturated rings. The molecule has 1 saturated carbocycles. The summed E-state index contributed by atoms with van der Waals surface area (Å²) >= 11 is 0. The number of terminal acetylenes is 1. The van der Waals surface area contributed by atoms with Crippen molar-refractivity contribution in [2.24, 2.45) is 0 Å². The Balaban J connectivity index is 2.44. The molecule has 0 atom stereocenters. The zero-order chi connectivity index (χ0) is 7.40. The summed E-state index contributed by atoms with van der Waals surface area (Å²) in [5.74, 6) is 2.41. The first-order valence-corrected chi connectivity index (χ1v) is 3.23. The lowest BCUT2D eigenvalue weighted by Crippen LogP contribution is -2.14. The standard InChI is InChI=1S/C8H9NO/c1-2-5-9-8(6-10)7-3-4-7/h1,6,9H,3-5H2. The first-order valence-electron chi connectivity index (χ1n) is 3.23. The lowest BCUT2D eigenvalue weighted by molar-refractivity contribution is -0.105. The van der Waals surface area contributed by atoms with Gasteiger partial charge in [0.2, 0.25) is 0 Å². The zero-order valence-electron chi connectivity index (χ0n) is 5.68. The first kappa shape index (κ1) is 6.88. The van der Waals surface area contributed by atoms with E-state index in [0.29, 0.717) is 12.2 Å². The van der Waals surface area contributed by atoms with Crippen LogP contribution in [0.3, 0.4) is 0 Å². The van der Waals surface area contributed by atoms with Gasteiger partial charge in [0.1, 0.15) is 0 Å². The van der Waals surface area contributed by atoms with Gasteiger partial charge < -0.3 is 5.32 Å². The van der Waals surface area contributed by atoms with Crippen LogP contribution in [-0.4, -0.2) is 12.8 Å². The lowest BCUT2D eigenvalue weighted by atomic mass is 10.4. The molecule has 0 aromatic rings. The Labute approximate surface area is 60.3 Å². The average Bonchev–Trinajstić information content (AvgIpc) is 2.73. The Morgan fingerprint density at radius 1 is 1.80 bits per heavy atom. The van der Waals surface area contributed by atoms with Gasteiger partial charge >= 0.3 is 0 Å². The second-order valence-electron chi connectivity index (χ2n) is 2.19. The summed E-state index contributed by atoms with van der Waals surface area (Å²) in [5, 5.41) is 2.86. The molecule has 0 bridgehead atoms. The first-order chi connectivity index (χ1) is 4.88. The summed E-state index contributed by atoms with van der Waals surface area (Å²) in [7, 11) is 0. The third-order valence-electron chi connectivity index (χ3n) is 1.38. The molecule has 0 unspecified atom stereocenters. The second-order valence-corrected chi connectivity index (χ2v) is 2.19. The van der Waals surface area contributed by atoms with E-state index in [2.05, 4.69) is 11.2 Å². The second kappa shape index (κ2) is 3.07. The maximum atomic E-state index is 10.3. The van der Waals surface area contributed by atoms with Gasteiger partial charge in [0.05, 0.1) is 12.2 Å². The summed E-state index contributed by atoms with van der Waals surface area (Å²) < 4.78 is 0. The molecular weight excluding hydrogens is 126 g/mol. The van der Waals surface area contributed by atoms with Crippen molar-refractivity contribution in [1.29, 1.82) is 0 Å². The minimum Gasteiger partial charge on any atom is -0.372 e. The van der Waals surface area contributed by atoms with Crippen molar-refractivity contribution in [2.45, 2.75) is 12.8 Å². The van der Waals surface area contributed by atoms with Gasteiger partial charge in [-0.25, -0.2) is 0 Å². The van der Waals surface area contributed by atoms with Crippen LogP contribution < -0.4 is 5.32 Å². The fourth-order valence-electron chi connectivity index (χ4n) is 0.728. The molecule has 1 N–H and O–H groups in total. The summed E-state index contributed by atoms with van der Waals surface area (Å²) in [6, 6.07) is 0. The minimum atomic E-state index is 0.442. The van der Waals surface area contributed by atoms with Crippen molar-refractivity contribution >= 4 is 6.29 Å². The van der Waals surface area contributed by atoms with Crippen LogP contribution in [0.1, 0.15) is 12.8 Å². The third-order valence-corrected chi connectivity index (χ3v) is 1.38. The third kappa shape index (κ3) is 1.63. The van der Waals surface area contributed by atoms with Crippen LogP contribution in [0.2, 0.25) is 0 Å². The number of hydrogen-bond acceptors (Lipinski definition) is 2. The van der Waals surface area contributed by atoms with E-state index in [4.69, 9.17) is 6.42 Å². The number of carbonyl (C=O) groups excluding carboxylic acids is 1. The summed E-state index contributed by atoms with van der Waals surface area (Å²) in [4.78, 5) is 10.3. The Bertz CT molecular complexity index is 204. The fraction of sp³-hybridized carbons (Fsp3) is 0.375. The highest BCUT2D eigenvalue weighted by atomic mass is 16.1. The molecule has 1 rings (SSSR count). The predicted octanol–water partition coefficient (Wildman–Crippen LogP) is 0.456. The van der Waals surface area contributed by atoms with E-state index in [1.54, 1.807) is 0 Å². The molecule has 2 nitrogen and oxygen atoms in total. The van der Waals surface area contributed by atoms with E-state index in [1.165, 1.54) is 5.57 Å².